The van der Waals surface area contributed by atoms with Crippen LogP contribution in [0.5, 0.6) is 34.5 Å². The quantitative estimate of drug-likeness (QED) is 0.0638. The molecule has 0 aliphatic heterocycles. The summed E-state index contributed by atoms with van der Waals surface area (Å²) < 4.78 is 40.2. The predicted octanol–water partition coefficient (Wildman–Crippen LogP) is 22.2. The van der Waals surface area contributed by atoms with Crippen molar-refractivity contribution >= 4 is 17.4 Å². The molecule has 9 nitrogen and oxygen atoms in total. The van der Waals surface area contributed by atoms with Crippen LogP contribution in [0.3, 0.4) is 0 Å². The molecule has 0 aliphatic carbocycles. The Morgan fingerprint density at radius 2 is 0.500 bits per heavy atom. The lowest BCUT2D eigenvalue weighted by molar-refractivity contribution is 0.218. The van der Waals surface area contributed by atoms with E-state index in [1.807, 2.05) is 24.3 Å². The van der Waals surface area contributed by atoms with Gasteiger partial charge < -0.3 is 39.1 Å². The van der Waals surface area contributed by atoms with E-state index in [0.717, 1.165) is 116 Å². The van der Waals surface area contributed by atoms with Gasteiger partial charge in [0.15, 0.2) is 23.0 Å². The summed E-state index contributed by atoms with van der Waals surface area (Å²) in [7, 11) is 0. The summed E-state index contributed by atoms with van der Waals surface area (Å²) in [6.07, 6.45) is 31.9. The number of anilines is 2. The van der Waals surface area contributed by atoms with Crippen molar-refractivity contribution in [1.82, 2.24) is 0 Å². The first-order valence-corrected chi connectivity index (χ1v) is 32.0. The number of rotatable bonds is 44. The van der Waals surface area contributed by atoms with Crippen molar-refractivity contribution in [2.24, 2.45) is 35.5 Å². The Balaban J connectivity index is 2.68. The monoisotopic (exact) mass is 1140 g/mol. The summed E-state index contributed by atoms with van der Waals surface area (Å²) >= 11 is 0. The van der Waals surface area contributed by atoms with Crippen LogP contribution in [-0.4, -0.2) is 45.7 Å². The summed E-state index contributed by atoms with van der Waals surface area (Å²) in [6, 6.07) is 7.11. The minimum absolute atomic E-state index is 0.423. The van der Waals surface area contributed by atoms with Crippen LogP contribution in [0.15, 0.2) is 94.2 Å². The lowest BCUT2D eigenvalue weighted by atomic mass is 10.0. The molecule has 82 heavy (non-hydrogen) atoms. The maximum absolute atomic E-state index is 14.5. The molecule has 2 aromatic carbocycles. The standard InChI is InChI=1S/C73H120N2O7/c1-53(2)25-19-31-59(13)37-43-77-67-49-65(50-68(78-44-38-60(14)32-20-26-54(3)4)71(67)81-47-41-63(17)35-23-29-57(9)10)74-73(76)75-66-51-69(79-45-39-61(15)33-21-27-55(5)6)72(82-48-42-64(18)36-24-30-58(11)12)70(52-66)80-46-40-62(16)34-22-28-56(7)8/h25-30,49-52,59-64H,19-24,31-48H2,1-18H3,(H2,74,75,76)/t59-,60-,61-,62-,63-,64-/m0/s1. The Morgan fingerprint density at radius 1 is 0.317 bits per heavy atom. The van der Waals surface area contributed by atoms with E-state index < -0.39 is 6.03 Å². The summed E-state index contributed by atoms with van der Waals surface area (Å²) in [6.45, 7) is 42.6. The Bertz CT molecular complexity index is 2010. The third kappa shape index (κ3) is 35.8. The minimum atomic E-state index is -0.423. The van der Waals surface area contributed by atoms with Gasteiger partial charge in [-0.2, -0.15) is 0 Å². The van der Waals surface area contributed by atoms with Gasteiger partial charge in [-0.25, -0.2) is 4.79 Å². The fourth-order valence-electron chi connectivity index (χ4n) is 9.31. The number of urea groups is 1. The summed E-state index contributed by atoms with van der Waals surface area (Å²) in [5.41, 5.74) is 9.13. The fourth-order valence-corrected chi connectivity index (χ4v) is 9.31. The van der Waals surface area contributed by atoms with E-state index in [-0.39, 0.29) is 0 Å². The molecule has 6 atom stereocenters. The molecule has 0 radical (unpaired) electrons. The molecule has 2 N–H and O–H groups in total. The van der Waals surface area contributed by atoms with Crippen LogP contribution in [0.25, 0.3) is 0 Å². The number of carbonyl (C=O) groups excluding carboxylic acids is 1. The van der Waals surface area contributed by atoms with Gasteiger partial charge in [0.2, 0.25) is 11.5 Å². The zero-order valence-electron chi connectivity index (χ0n) is 55.6. The summed E-state index contributed by atoms with van der Waals surface area (Å²) in [5.74, 6) is 6.19. The largest absolute Gasteiger partial charge is 0.489 e. The first kappa shape index (κ1) is 73.1. The Hall–Kier alpha value is -5.05. The van der Waals surface area contributed by atoms with E-state index >= 15 is 0 Å². The Labute approximate surface area is 503 Å². The highest BCUT2D eigenvalue weighted by molar-refractivity contribution is 6.00. The van der Waals surface area contributed by atoms with Crippen LogP contribution >= 0.6 is 0 Å². The van der Waals surface area contributed by atoms with Gasteiger partial charge in [-0.3, -0.25) is 0 Å². The average molecular weight is 1140 g/mol. The number of nitrogens with one attached hydrogen (secondary N) is 2. The predicted molar refractivity (Wildman–Crippen MR) is 353 cm³/mol. The van der Waals surface area contributed by atoms with Crippen LogP contribution in [0.1, 0.15) is 240 Å². The zero-order valence-corrected chi connectivity index (χ0v) is 55.6. The zero-order chi connectivity index (χ0) is 60.8. The number of ether oxygens (including phenoxy) is 6. The third-order valence-corrected chi connectivity index (χ3v) is 15.0. The van der Waals surface area contributed by atoms with Crippen molar-refractivity contribution in [2.75, 3.05) is 50.3 Å². The van der Waals surface area contributed by atoms with E-state index in [4.69, 9.17) is 28.4 Å². The van der Waals surface area contributed by atoms with E-state index in [1.54, 1.807) is 0 Å². The van der Waals surface area contributed by atoms with Crippen LogP contribution in [0.2, 0.25) is 0 Å². The molecule has 0 saturated heterocycles. The molecule has 9 heteroatoms. The molecule has 2 rings (SSSR count). The smallest absolute Gasteiger partial charge is 0.323 e. The molecule has 0 saturated carbocycles. The maximum atomic E-state index is 14.5. The van der Waals surface area contributed by atoms with Crippen molar-refractivity contribution < 1.29 is 33.2 Å². The van der Waals surface area contributed by atoms with Crippen molar-refractivity contribution in [3.05, 3.63) is 94.2 Å². The first-order chi connectivity index (χ1) is 39.0. The molecular formula is C73H120N2O7. The Kier molecular flexibility index (Phi) is 38.0. The van der Waals surface area contributed by atoms with Gasteiger partial charge >= 0.3 is 6.03 Å². The van der Waals surface area contributed by atoms with E-state index in [2.05, 4.69) is 172 Å². The van der Waals surface area contributed by atoms with Crippen molar-refractivity contribution in [1.29, 1.82) is 0 Å². The fraction of sp³-hybridized carbons (Fsp3) is 0.658. The number of hydrogen-bond acceptors (Lipinski definition) is 7. The van der Waals surface area contributed by atoms with Crippen LogP contribution < -0.4 is 39.1 Å². The molecule has 2 aromatic rings. The van der Waals surface area contributed by atoms with Gasteiger partial charge in [-0.05, 0) is 234 Å². The first-order valence-electron chi connectivity index (χ1n) is 32.0. The van der Waals surface area contributed by atoms with Crippen LogP contribution in [0.4, 0.5) is 16.2 Å². The van der Waals surface area contributed by atoms with E-state index in [1.165, 1.54) is 33.4 Å². The van der Waals surface area contributed by atoms with Gasteiger partial charge in [0, 0.05) is 24.3 Å². The molecule has 0 spiro atoms. The SMILES string of the molecule is CC(C)=CCC[C@H](C)CCOc1cc(NC(=O)Nc2cc(OCC[C@@H](C)CCC=C(C)C)c(OCC[C@@H](C)CCC=C(C)C)c(OCC[C@@H](C)CCC=C(C)C)c2)cc(OCC[C@@H](C)CCC=C(C)C)c1OCC[C@@H](C)CCC=C(C)C. The van der Waals surface area contributed by atoms with Gasteiger partial charge in [0.05, 0.1) is 51.0 Å². The van der Waals surface area contributed by atoms with Crippen molar-refractivity contribution in [2.45, 2.75) is 240 Å². The maximum Gasteiger partial charge on any atom is 0.323 e. The third-order valence-electron chi connectivity index (χ3n) is 15.0. The molecule has 0 bridgehead atoms. The second-order valence-corrected chi connectivity index (χ2v) is 25.8. The Morgan fingerprint density at radius 3 is 0.683 bits per heavy atom. The highest BCUT2D eigenvalue weighted by Gasteiger charge is 2.22. The number of carbonyl (C=O) groups is 1. The molecular weight excluding hydrogens is 1020 g/mol. The second-order valence-electron chi connectivity index (χ2n) is 25.8. The molecule has 2 amide bonds. The van der Waals surface area contributed by atoms with Gasteiger partial charge in [-0.15, -0.1) is 0 Å². The number of allylic oxidation sites excluding steroid dienone is 12. The second kappa shape index (κ2) is 42.7. The normalized spacial score (nSPS) is 13.2. The lowest BCUT2D eigenvalue weighted by Crippen LogP contribution is -2.20. The summed E-state index contributed by atoms with van der Waals surface area (Å²) in [5, 5.41) is 6.33. The van der Waals surface area contributed by atoms with Gasteiger partial charge in [0.25, 0.3) is 0 Å². The molecule has 0 unspecified atom stereocenters. The van der Waals surface area contributed by atoms with Gasteiger partial charge in [0.1, 0.15) is 0 Å². The molecule has 0 fully saturated rings. The highest BCUT2D eigenvalue weighted by atomic mass is 16.5. The topological polar surface area (TPSA) is 96.5 Å². The van der Waals surface area contributed by atoms with Crippen LogP contribution in [0, 0.1) is 35.5 Å². The molecule has 464 valence electrons. The van der Waals surface area contributed by atoms with E-state index in [0.29, 0.717) is 121 Å². The summed E-state index contributed by atoms with van der Waals surface area (Å²) in [4.78, 5) is 14.5. The number of benzene rings is 2. The minimum Gasteiger partial charge on any atom is -0.489 e. The molecule has 0 aliphatic rings. The molecule has 0 aromatic heterocycles. The number of amides is 2. The van der Waals surface area contributed by atoms with Crippen molar-refractivity contribution in [3.63, 3.8) is 0 Å². The van der Waals surface area contributed by atoms with E-state index in [9.17, 15) is 4.79 Å². The average Bonchev–Trinajstić information content (AvgIpc) is 3.37. The van der Waals surface area contributed by atoms with Crippen molar-refractivity contribution in [3.8, 4) is 34.5 Å². The van der Waals surface area contributed by atoms with Crippen LogP contribution in [-0.2, 0) is 0 Å². The lowest BCUT2D eigenvalue weighted by Gasteiger charge is -2.22. The number of hydrogen-bond donors (Lipinski definition) is 2. The highest BCUT2D eigenvalue weighted by Crippen LogP contribution is 2.44. The molecule has 0 heterocycles. The van der Waals surface area contributed by atoms with Gasteiger partial charge in [-0.1, -0.05) is 111 Å².